The number of nitrogens with one attached hydrogen (secondary N) is 1. The third-order valence-electron chi connectivity index (χ3n) is 3.39. The molecule has 1 N–H and O–H groups in total. The normalized spacial score (nSPS) is 10.3. The molecule has 2 aromatic heterocycles. The average molecular weight is 308 g/mol. The number of benzene rings is 1. The van der Waals surface area contributed by atoms with E-state index < -0.39 is 0 Å². The highest BCUT2D eigenvalue weighted by atomic mass is 16.5. The SMILES string of the molecule is COc1ccc(-c2ccccc2C(=O)Nc2cnn(C)c2)cn1. The van der Waals surface area contributed by atoms with Gasteiger partial charge in [0.25, 0.3) is 5.91 Å². The van der Waals surface area contributed by atoms with E-state index in [0.717, 1.165) is 11.1 Å². The van der Waals surface area contributed by atoms with Crippen LogP contribution in [0, 0.1) is 0 Å². The van der Waals surface area contributed by atoms with Crippen LogP contribution in [0.5, 0.6) is 5.88 Å². The van der Waals surface area contributed by atoms with Gasteiger partial charge >= 0.3 is 0 Å². The Bertz CT molecular complexity index is 825. The van der Waals surface area contributed by atoms with Gasteiger partial charge in [-0.25, -0.2) is 4.98 Å². The molecule has 6 heteroatoms. The topological polar surface area (TPSA) is 69.0 Å². The summed E-state index contributed by atoms with van der Waals surface area (Å²) in [7, 11) is 3.37. The molecule has 0 radical (unpaired) electrons. The molecule has 0 aliphatic rings. The van der Waals surface area contributed by atoms with Crippen LogP contribution in [0.2, 0.25) is 0 Å². The van der Waals surface area contributed by atoms with E-state index in [-0.39, 0.29) is 5.91 Å². The number of ether oxygens (including phenoxy) is 1. The molecule has 3 aromatic rings. The van der Waals surface area contributed by atoms with Crippen molar-refractivity contribution >= 4 is 11.6 Å². The minimum absolute atomic E-state index is 0.190. The molecule has 0 unspecified atom stereocenters. The lowest BCUT2D eigenvalue weighted by Crippen LogP contribution is -2.12. The number of methoxy groups -OCH3 is 1. The van der Waals surface area contributed by atoms with Gasteiger partial charge in [-0.3, -0.25) is 9.48 Å². The molecule has 0 aliphatic carbocycles. The summed E-state index contributed by atoms with van der Waals surface area (Å²) in [4.78, 5) is 16.7. The van der Waals surface area contributed by atoms with Crippen molar-refractivity contribution in [3.8, 4) is 17.0 Å². The maximum absolute atomic E-state index is 12.5. The molecule has 0 atom stereocenters. The largest absolute Gasteiger partial charge is 0.481 e. The van der Waals surface area contributed by atoms with Crippen LogP contribution in [0.25, 0.3) is 11.1 Å². The van der Waals surface area contributed by atoms with E-state index in [9.17, 15) is 4.79 Å². The lowest BCUT2D eigenvalue weighted by Gasteiger charge is -2.09. The number of anilines is 1. The standard InChI is InChI=1S/C17H16N4O2/c1-21-11-13(10-19-21)20-17(22)15-6-4-3-5-14(15)12-7-8-16(23-2)18-9-12/h3-11H,1-2H3,(H,20,22). The molecule has 0 fully saturated rings. The zero-order valence-electron chi connectivity index (χ0n) is 12.9. The van der Waals surface area contributed by atoms with Crippen LogP contribution >= 0.6 is 0 Å². The zero-order valence-corrected chi connectivity index (χ0v) is 12.9. The summed E-state index contributed by atoms with van der Waals surface area (Å²) in [6, 6.07) is 11.0. The molecule has 0 saturated heterocycles. The van der Waals surface area contributed by atoms with Crippen LogP contribution in [0.15, 0.2) is 55.0 Å². The lowest BCUT2D eigenvalue weighted by molar-refractivity contribution is 0.102. The van der Waals surface area contributed by atoms with Crippen molar-refractivity contribution in [3.63, 3.8) is 0 Å². The molecule has 0 saturated carbocycles. The summed E-state index contributed by atoms with van der Waals surface area (Å²) >= 11 is 0. The summed E-state index contributed by atoms with van der Waals surface area (Å²) in [5.41, 5.74) is 2.88. The lowest BCUT2D eigenvalue weighted by atomic mass is 10.0. The fraction of sp³-hybridized carbons (Fsp3) is 0.118. The second-order valence-electron chi connectivity index (χ2n) is 4.99. The van der Waals surface area contributed by atoms with Crippen molar-refractivity contribution < 1.29 is 9.53 Å². The Balaban J connectivity index is 1.91. The van der Waals surface area contributed by atoms with E-state index >= 15 is 0 Å². The van der Waals surface area contributed by atoms with E-state index in [2.05, 4.69) is 15.4 Å². The number of carbonyl (C=O) groups is 1. The predicted molar refractivity (Wildman–Crippen MR) is 87.4 cm³/mol. The summed E-state index contributed by atoms with van der Waals surface area (Å²) in [5.74, 6) is 0.343. The molecule has 0 bridgehead atoms. The molecular formula is C17H16N4O2. The Morgan fingerprint density at radius 3 is 2.65 bits per heavy atom. The van der Waals surface area contributed by atoms with Gasteiger partial charge in [0.1, 0.15) is 0 Å². The van der Waals surface area contributed by atoms with E-state index in [1.807, 2.05) is 24.3 Å². The quantitative estimate of drug-likeness (QED) is 0.804. The number of nitrogens with zero attached hydrogens (tertiary/aromatic N) is 3. The van der Waals surface area contributed by atoms with Crippen molar-refractivity contribution in [3.05, 3.63) is 60.6 Å². The monoisotopic (exact) mass is 308 g/mol. The van der Waals surface area contributed by atoms with Gasteiger partial charge in [0.15, 0.2) is 0 Å². The van der Waals surface area contributed by atoms with Gasteiger partial charge in [0.2, 0.25) is 5.88 Å². The number of aryl methyl sites for hydroxylation is 1. The Morgan fingerprint density at radius 2 is 2.00 bits per heavy atom. The van der Waals surface area contributed by atoms with Gasteiger partial charge in [-0.15, -0.1) is 0 Å². The first kappa shape index (κ1) is 14.8. The van der Waals surface area contributed by atoms with E-state index in [4.69, 9.17) is 4.74 Å². The first-order valence-corrected chi connectivity index (χ1v) is 7.07. The molecular weight excluding hydrogens is 292 g/mol. The number of hydrogen-bond acceptors (Lipinski definition) is 4. The smallest absolute Gasteiger partial charge is 0.256 e. The minimum atomic E-state index is -0.190. The van der Waals surface area contributed by atoms with Crippen LogP contribution in [-0.2, 0) is 7.05 Å². The van der Waals surface area contributed by atoms with Crippen LogP contribution < -0.4 is 10.1 Å². The molecule has 6 nitrogen and oxygen atoms in total. The fourth-order valence-corrected chi connectivity index (χ4v) is 2.28. The van der Waals surface area contributed by atoms with Crippen molar-refractivity contribution in [2.75, 3.05) is 12.4 Å². The zero-order chi connectivity index (χ0) is 16.2. The highest BCUT2D eigenvalue weighted by Gasteiger charge is 2.13. The van der Waals surface area contributed by atoms with Crippen LogP contribution in [0.4, 0.5) is 5.69 Å². The maximum atomic E-state index is 12.5. The molecule has 0 aliphatic heterocycles. The third kappa shape index (κ3) is 3.21. The molecule has 23 heavy (non-hydrogen) atoms. The van der Waals surface area contributed by atoms with Crippen LogP contribution in [-0.4, -0.2) is 27.8 Å². The summed E-state index contributed by atoms with van der Waals surface area (Å²) in [6.07, 6.45) is 5.04. The van der Waals surface area contributed by atoms with Crippen LogP contribution in [0.1, 0.15) is 10.4 Å². The Kier molecular flexibility index (Phi) is 4.05. The van der Waals surface area contributed by atoms with E-state index in [1.165, 1.54) is 0 Å². The van der Waals surface area contributed by atoms with Crippen LogP contribution in [0.3, 0.4) is 0 Å². The predicted octanol–water partition coefficient (Wildman–Crippen LogP) is 2.74. The first-order chi connectivity index (χ1) is 11.2. The summed E-state index contributed by atoms with van der Waals surface area (Å²) in [6.45, 7) is 0. The molecule has 1 amide bonds. The van der Waals surface area contributed by atoms with Crippen molar-refractivity contribution in [2.45, 2.75) is 0 Å². The number of carbonyl (C=O) groups excluding carboxylic acids is 1. The fourth-order valence-electron chi connectivity index (χ4n) is 2.28. The highest BCUT2D eigenvalue weighted by Crippen LogP contribution is 2.25. The minimum Gasteiger partial charge on any atom is -0.481 e. The Hall–Kier alpha value is -3.15. The molecule has 1 aromatic carbocycles. The van der Waals surface area contributed by atoms with Gasteiger partial charge in [-0.2, -0.15) is 5.10 Å². The summed E-state index contributed by atoms with van der Waals surface area (Å²) < 4.78 is 6.70. The second kappa shape index (κ2) is 6.31. The van der Waals surface area contributed by atoms with Gasteiger partial charge in [0.05, 0.1) is 19.0 Å². The van der Waals surface area contributed by atoms with Crippen molar-refractivity contribution in [1.29, 1.82) is 0 Å². The second-order valence-corrected chi connectivity index (χ2v) is 4.99. The van der Waals surface area contributed by atoms with Crippen molar-refractivity contribution in [2.24, 2.45) is 7.05 Å². The molecule has 0 spiro atoms. The highest BCUT2D eigenvalue weighted by molar-refractivity contribution is 6.08. The average Bonchev–Trinajstić information content (AvgIpc) is 3.00. The number of rotatable bonds is 4. The van der Waals surface area contributed by atoms with Gasteiger partial charge in [-0.05, 0) is 17.7 Å². The van der Waals surface area contributed by atoms with E-state index in [1.54, 1.807) is 49.6 Å². The molecule has 2 heterocycles. The van der Waals surface area contributed by atoms with Gasteiger partial charge < -0.3 is 10.1 Å². The molecule has 3 rings (SSSR count). The number of aromatic nitrogens is 3. The third-order valence-corrected chi connectivity index (χ3v) is 3.39. The Labute approximate surface area is 133 Å². The first-order valence-electron chi connectivity index (χ1n) is 7.07. The van der Waals surface area contributed by atoms with E-state index in [0.29, 0.717) is 17.1 Å². The van der Waals surface area contributed by atoms with Gasteiger partial charge in [-0.1, -0.05) is 18.2 Å². The van der Waals surface area contributed by atoms with Crippen molar-refractivity contribution in [1.82, 2.24) is 14.8 Å². The maximum Gasteiger partial charge on any atom is 0.256 e. The Morgan fingerprint density at radius 1 is 1.17 bits per heavy atom. The number of hydrogen-bond donors (Lipinski definition) is 1. The molecule has 116 valence electrons. The number of amides is 1. The van der Waals surface area contributed by atoms with Gasteiger partial charge in [0, 0.05) is 36.6 Å². The summed E-state index contributed by atoms with van der Waals surface area (Å²) in [5, 5.41) is 6.89. The number of pyridine rings is 1.